The van der Waals surface area contributed by atoms with Gasteiger partial charge in [-0.05, 0) is 74.4 Å². The van der Waals surface area contributed by atoms with Crippen LogP contribution in [0.15, 0.2) is 48.5 Å². The lowest BCUT2D eigenvalue weighted by Crippen LogP contribution is -2.61. The number of carbonyl (C=O) groups excluding carboxylic acids is 3. The predicted molar refractivity (Wildman–Crippen MR) is 152 cm³/mol. The van der Waals surface area contributed by atoms with E-state index in [-0.39, 0.29) is 5.92 Å². The number of aliphatic hydroxyl groups is 1. The molecule has 0 bridgehead atoms. The third-order valence-electron chi connectivity index (χ3n) is 6.97. The molecule has 2 aromatic rings. The first-order valence-electron chi connectivity index (χ1n) is 13.8. The molecule has 0 spiro atoms. The van der Waals surface area contributed by atoms with Gasteiger partial charge >= 0.3 is 5.97 Å². The smallest absolute Gasteiger partial charge is 0.322 e. The van der Waals surface area contributed by atoms with E-state index in [9.17, 15) is 29.4 Å². The molecule has 1 aliphatic heterocycles. The van der Waals surface area contributed by atoms with Crippen molar-refractivity contribution in [1.82, 2.24) is 21.1 Å². The van der Waals surface area contributed by atoms with Crippen LogP contribution in [0.1, 0.15) is 59.1 Å². The minimum absolute atomic E-state index is 0.283. The molecule has 3 rings (SSSR count). The number of nitrogens with one attached hydrogen (secondary N) is 3. The molecule has 0 radical (unpaired) electrons. The van der Waals surface area contributed by atoms with Crippen LogP contribution in [0.2, 0.25) is 0 Å². The molecular weight excluding hydrogens is 528 g/mol. The number of hydrogen-bond donors (Lipinski definition) is 5. The molecule has 1 aliphatic rings. The van der Waals surface area contributed by atoms with Gasteiger partial charge in [0.05, 0.1) is 6.10 Å². The van der Waals surface area contributed by atoms with E-state index in [1.807, 2.05) is 36.4 Å². The molecule has 5 atom stereocenters. The zero-order valence-corrected chi connectivity index (χ0v) is 24.1. The normalized spacial score (nSPS) is 18.1. The van der Waals surface area contributed by atoms with Gasteiger partial charge in [0.25, 0.3) is 11.8 Å². The van der Waals surface area contributed by atoms with Gasteiger partial charge in [0.1, 0.15) is 23.9 Å². The molecular formula is C30H40N4O7. The summed E-state index contributed by atoms with van der Waals surface area (Å²) in [5.74, 6) is -2.34. The number of amides is 3. The summed E-state index contributed by atoms with van der Waals surface area (Å²) < 4.78 is 5.82. The number of rotatable bonds is 11. The van der Waals surface area contributed by atoms with Crippen LogP contribution in [0.3, 0.4) is 0 Å². The first-order valence-corrected chi connectivity index (χ1v) is 13.8. The average molecular weight is 569 g/mol. The Morgan fingerprint density at radius 2 is 1.63 bits per heavy atom. The number of ether oxygens (including phenoxy) is 1. The second-order valence-electron chi connectivity index (χ2n) is 10.7. The second kappa shape index (κ2) is 14.1. The van der Waals surface area contributed by atoms with E-state index >= 15 is 0 Å². The summed E-state index contributed by atoms with van der Waals surface area (Å²) in [5.41, 5.74) is 5.36. The van der Waals surface area contributed by atoms with Gasteiger partial charge in [-0.1, -0.05) is 44.2 Å². The molecule has 0 aromatic heterocycles. The molecule has 41 heavy (non-hydrogen) atoms. The first-order chi connectivity index (χ1) is 19.4. The number of carboxylic acids is 1. The van der Waals surface area contributed by atoms with Crippen molar-refractivity contribution in [3.63, 3.8) is 0 Å². The number of hydrogen-bond acceptors (Lipinski definition) is 7. The highest BCUT2D eigenvalue weighted by atomic mass is 16.5. The molecule has 0 aliphatic carbocycles. The van der Waals surface area contributed by atoms with Gasteiger partial charge in [0.2, 0.25) is 5.91 Å². The van der Waals surface area contributed by atoms with Crippen LogP contribution in [-0.2, 0) is 19.2 Å². The van der Waals surface area contributed by atoms with Gasteiger partial charge in [-0.25, -0.2) is 5.43 Å². The van der Waals surface area contributed by atoms with E-state index in [2.05, 4.69) is 16.1 Å². The highest BCUT2D eigenvalue weighted by Crippen LogP contribution is 2.25. The van der Waals surface area contributed by atoms with E-state index in [4.69, 9.17) is 4.74 Å². The summed E-state index contributed by atoms with van der Waals surface area (Å²) in [5, 5.41) is 25.7. The van der Waals surface area contributed by atoms with Gasteiger partial charge in [0, 0.05) is 6.54 Å². The summed E-state index contributed by atoms with van der Waals surface area (Å²) in [7, 11) is 0. The summed E-state index contributed by atoms with van der Waals surface area (Å²) >= 11 is 0. The molecule has 11 heteroatoms. The van der Waals surface area contributed by atoms with Crippen molar-refractivity contribution in [1.29, 1.82) is 0 Å². The van der Waals surface area contributed by atoms with E-state index in [1.165, 1.54) is 11.9 Å². The van der Waals surface area contributed by atoms with Crippen LogP contribution >= 0.6 is 0 Å². The molecule has 1 fully saturated rings. The lowest BCUT2D eigenvalue weighted by molar-refractivity contribution is -0.148. The van der Waals surface area contributed by atoms with Crippen LogP contribution in [0, 0.1) is 5.92 Å². The quantitative estimate of drug-likeness (QED) is 0.277. The Morgan fingerprint density at radius 1 is 0.951 bits per heavy atom. The fourth-order valence-electron chi connectivity index (χ4n) is 4.49. The maximum absolute atomic E-state index is 13.0. The Hall–Kier alpha value is -3.96. The number of carboxylic acid groups (broad SMARTS) is 1. The molecule has 5 N–H and O–H groups in total. The number of nitrogens with zero attached hydrogens (tertiary/aromatic N) is 1. The Bertz CT molecular complexity index is 1230. The highest BCUT2D eigenvalue weighted by molar-refractivity contribution is 5.93. The maximum Gasteiger partial charge on any atom is 0.322 e. The van der Waals surface area contributed by atoms with Crippen molar-refractivity contribution < 1.29 is 34.1 Å². The number of benzene rings is 2. The standard InChI is InChI=1S/C30H40N4O7/c1-17(2)26(28(37)31-18(3)29(38)34-15-7-10-25(33-34)30(39)40)32-27(36)20(5)41-24-13-11-21(12-14-24)23-9-6-8-22(16-23)19(4)35/h6,8-9,11-14,16-20,25-26,33,35H,7,10,15H2,1-5H3,(H,31,37)(H,32,36)(H,39,40). The van der Waals surface area contributed by atoms with E-state index in [0.717, 1.165) is 16.7 Å². The number of hydrazine groups is 1. The lowest BCUT2D eigenvalue weighted by atomic mass is 10.0. The van der Waals surface area contributed by atoms with E-state index < -0.39 is 54.0 Å². The molecule has 1 heterocycles. The lowest BCUT2D eigenvalue weighted by Gasteiger charge is -2.34. The van der Waals surface area contributed by atoms with Crippen LogP contribution in [0.25, 0.3) is 11.1 Å². The molecule has 2 aromatic carbocycles. The first kappa shape index (κ1) is 31.6. The van der Waals surface area contributed by atoms with Crippen LogP contribution < -0.4 is 20.8 Å². The van der Waals surface area contributed by atoms with Gasteiger partial charge in [-0.15, -0.1) is 0 Å². The van der Waals surface area contributed by atoms with Gasteiger partial charge < -0.3 is 25.6 Å². The third-order valence-corrected chi connectivity index (χ3v) is 6.97. The van der Waals surface area contributed by atoms with Crippen molar-refractivity contribution >= 4 is 23.7 Å². The minimum atomic E-state index is -1.04. The average Bonchev–Trinajstić information content (AvgIpc) is 2.95. The van der Waals surface area contributed by atoms with Crippen LogP contribution in [0.5, 0.6) is 5.75 Å². The van der Waals surface area contributed by atoms with Crippen molar-refractivity contribution in [3.8, 4) is 16.9 Å². The number of aliphatic hydroxyl groups excluding tert-OH is 1. The van der Waals surface area contributed by atoms with Gasteiger partial charge in [0.15, 0.2) is 6.10 Å². The Morgan fingerprint density at radius 3 is 2.24 bits per heavy atom. The molecule has 0 saturated carbocycles. The number of carbonyl (C=O) groups is 4. The maximum atomic E-state index is 13.0. The molecule has 5 unspecified atom stereocenters. The molecule has 11 nitrogen and oxygen atoms in total. The van der Waals surface area contributed by atoms with Crippen LogP contribution in [-0.4, -0.2) is 69.7 Å². The van der Waals surface area contributed by atoms with E-state index in [1.54, 1.807) is 39.8 Å². The Labute approximate surface area is 240 Å². The summed E-state index contributed by atoms with van der Waals surface area (Å²) in [4.78, 5) is 50.1. The Kier molecular flexibility index (Phi) is 10.8. The van der Waals surface area contributed by atoms with Crippen molar-refractivity contribution in [2.24, 2.45) is 5.92 Å². The fraction of sp³-hybridized carbons (Fsp3) is 0.467. The highest BCUT2D eigenvalue weighted by Gasteiger charge is 2.33. The molecule has 222 valence electrons. The van der Waals surface area contributed by atoms with Crippen molar-refractivity contribution in [3.05, 3.63) is 54.1 Å². The van der Waals surface area contributed by atoms with Crippen molar-refractivity contribution in [2.45, 2.75) is 77.8 Å². The SMILES string of the molecule is CC(NC(=O)C(NC(=O)C(C)Oc1ccc(-c2cccc(C(C)O)c2)cc1)C(C)C)C(=O)N1CCCC(C(=O)O)N1. The summed E-state index contributed by atoms with van der Waals surface area (Å²) in [6.07, 6.45) is -0.546. The zero-order valence-electron chi connectivity index (χ0n) is 24.1. The minimum Gasteiger partial charge on any atom is -0.481 e. The third kappa shape index (κ3) is 8.51. The summed E-state index contributed by atoms with van der Waals surface area (Å²) in [6.45, 7) is 8.69. The van der Waals surface area contributed by atoms with Crippen LogP contribution in [0.4, 0.5) is 0 Å². The van der Waals surface area contributed by atoms with Crippen molar-refractivity contribution in [2.75, 3.05) is 6.54 Å². The largest absolute Gasteiger partial charge is 0.481 e. The zero-order chi connectivity index (χ0) is 30.3. The molecule has 1 saturated heterocycles. The Balaban J connectivity index is 1.57. The van der Waals surface area contributed by atoms with E-state index in [0.29, 0.717) is 25.1 Å². The van der Waals surface area contributed by atoms with Gasteiger partial charge in [-0.3, -0.25) is 24.2 Å². The molecule has 3 amide bonds. The number of aliphatic carboxylic acids is 1. The predicted octanol–water partition coefficient (Wildman–Crippen LogP) is 2.40. The second-order valence-corrected chi connectivity index (χ2v) is 10.7. The topological polar surface area (TPSA) is 157 Å². The fourth-order valence-corrected chi connectivity index (χ4v) is 4.49. The summed E-state index contributed by atoms with van der Waals surface area (Å²) in [6, 6.07) is 12.1. The van der Waals surface area contributed by atoms with Gasteiger partial charge in [-0.2, -0.15) is 0 Å². The monoisotopic (exact) mass is 568 g/mol.